The average Bonchev–Trinajstić information content (AvgIpc) is 2.50. The van der Waals surface area contributed by atoms with Crippen LogP contribution in [0.1, 0.15) is 5.56 Å². The summed E-state index contributed by atoms with van der Waals surface area (Å²) in [7, 11) is 1.76. The van der Waals surface area contributed by atoms with E-state index in [1.807, 2.05) is 10.8 Å². The highest BCUT2D eigenvalue weighted by atomic mass is 79.9. The zero-order valence-electron chi connectivity index (χ0n) is 7.29. The first-order valence-electron chi connectivity index (χ1n) is 3.73. The van der Waals surface area contributed by atoms with Gasteiger partial charge in [-0.1, -0.05) is 6.58 Å². The van der Waals surface area contributed by atoms with Crippen LogP contribution in [0.3, 0.4) is 0 Å². The molecule has 0 aliphatic heterocycles. The highest BCUT2D eigenvalue weighted by molar-refractivity contribution is 9.10. The van der Waals surface area contributed by atoms with Gasteiger partial charge in [-0.25, -0.2) is 0 Å². The maximum Gasteiger partial charge on any atom is 0.245 e. The third kappa shape index (κ3) is 2.67. The third-order valence-corrected chi connectivity index (χ3v) is 3.48. The van der Waals surface area contributed by atoms with Crippen LogP contribution in [-0.2, 0) is 11.3 Å². The molecule has 2 nitrogen and oxygen atoms in total. The first-order chi connectivity index (χ1) is 6.15. The standard InChI is InChI=1S/C9H10BrNOS/c1-3-9(12)11(2)4-7-5-13-6-8(7)10/h3,5-6H,1,4H2,2H3. The number of hydrogen-bond donors (Lipinski definition) is 0. The van der Waals surface area contributed by atoms with Gasteiger partial charge in [-0.05, 0) is 32.9 Å². The molecular weight excluding hydrogens is 250 g/mol. The number of carbonyl (C=O) groups is 1. The predicted molar refractivity (Wildman–Crippen MR) is 58.7 cm³/mol. The van der Waals surface area contributed by atoms with E-state index in [0.717, 1.165) is 10.0 Å². The van der Waals surface area contributed by atoms with Gasteiger partial charge in [-0.2, -0.15) is 11.3 Å². The van der Waals surface area contributed by atoms with Crippen molar-refractivity contribution in [1.82, 2.24) is 4.90 Å². The van der Waals surface area contributed by atoms with E-state index in [9.17, 15) is 4.79 Å². The molecule has 0 unspecified atom stereocenters. The molecule has 0 fully saturated rings. The Morgan fingerprint density at radius 3 is 2.92 bits per heavy atom. The molecule has 1 aromatic heterocycles. The normalized spacial score (nSPS) is 9.69. The van der Waals surface area contributed by atoms with E-state index in [1.165, 1.54) is 6.08 Å². The molecule has 0 radical (unpaired) electrons. The van der Waals surface area contributed by atoms with Crippen molar-refractivity contribution >= 4 is 33.2 Å². The molecule has 0 saturated heterocycles. The molecule has 0 N–H and O–H groups in total. The lowest BCUT2D eigenvalue weighted by atomic mass is 10.3. The van der Waals surface area contributed by atoms with Gasteiger partial charge in [0, 0.05) is 23.4 Å². The second-order valence-electron chi connectivity index (χ2n) is 2.64. The summed E-state index contributed by atoms with van der Waals surface area (Å²) in [5, 5.41) is 4.03. The number of likely N-dealkylation sites (N-methyl/N-ethyl adjacent to an activating group) is 1. The molecule has 13 heavy (non-hydrogen) atoms. The Labute approximate surface area is 90.0 Å². The number of carbonyl (C=O) groups excluding carboxylic acids is 1. The molecule has 0 aliphatic rings. The number of amides is 1. The number of rotatable bonds is 3. The molecular formula is C9H10BrNOS. The Morgan fingerprint density at radius 1 is 1.77 bits per heavy atom. The smallest absolute Gasteiger partial charge is 0.245 e. The van der Waals surface area contributed by atoms with Crippen LogP contribution in [0.2, 0.25) is 0 Å². The summed E-state index contributed by atoms with van der Waals surface area (Å²) < 4.78 is 1.06. The van der Waals surface area contributed by atoms with Crippen LogP contribution >= 0.6 is 27.3 Å². The Bertz CT molecular complexity index is 321. The van der Waals surface area contributed by atoms with Crippen LogP contribution in [0.4, 0.5) is 0 Å². The predicted octanol–water partition coefficient (Wildman–Crippen LogP) is 2.66. The Balaban J connectivity index is 2.64. The summed E-state index contributed by atoms with van der Waals surface area (Å²) in [6.07, 6.45) is 1.32. The van der Waals surface area contributed by atoms with E-state index in [0.29, 0.717) is 6.54 Å². The van der Waals surface area contributed by atoms with Gasteiger partial charge in [0.2, 0.25) is 5.91 Å². The molecule has 0 atom stereocenters. The molecule has 1 heterocycles. The molecule has 1 rings (SSSR count). The fourth-order valence-electron chi connectivity index (χ4n) is 0.910. The maximum atomic E-state index is 11.1. The molecule has 1 aromatic rings. The summed E-state index contributed by atoms with van der Waals surface area (Å²) in [5.74, 6) is -0.0573. The zero-order chi connectivity index (χ0) is 9.84. The molecule has 70 valence electrons. The van der Waals surface area contributed by atoms with E-state index in [-0.39, 0.29) is 5.91 Å². The van der Waals surface area contributed by atoms with Gasteiger partial charge in [-0.3, -0.25) is 4.79 Å². The molecule has 0 spiro atoms. The SMILES string of the molecule is C=CC(=O)N(C)Cc1cscc1Br. The van der Waals surface area contributed by atoms with Crippen molar-refractivity contribution in [3.63, 3.8) is 0 Å². The van der Waals surface area contributed by atoms with Gasteiger partial charge in [0.25, 0.3) is 0 Å². The number of hydrogen-bond acceptors (Lipinski definition) is 2. The second kappa shape index (κ2) is 4.58. The molecule has 4 heteroatoms. The lowest BCUT2D eigenvalue weighted by Crippen LogP contribution is -2.23. The van der Waals surface area contributed by atoms with E-state index >= 15 is 0 Å². The molecule has 0 aliphatic carbocycles. The van der Waals surface area contributed by atoms with Gasteiger partial charge in [0.1, 0.15) is 0 Å². The minimum absolute atomic E-state index is 0.0573. The Hall–Kier alpha value is -0.610. The highest BCUT2D eigenvalue weighted by Gasteiger charge is 2.07. The highest BCUT2D eigenvalue weighted by Crippen LogP contribution is 2.22. The topological polar surface area (TPSA) is 20.3 Å². The average molecular weight is 260 g/mol. The largest absolute Gasteiger partial charge is 0.338 e. The van der Waals surface area contributed by atoms with Crippen molar-refractivity contribution in [2.75, 3.05) is 7.05 Å². The Morgan fingerprint density at radius 2 is 2.46 bits per heavy atom. The first-order valence-corrected chi connectivity index (χ1v) is 5.47. The van der Waals surface area contributed by atoms with Crippen LogP contribution in [0.5, 0.6) is 0 Å². The van der Waals surface area contributed by atoms with E-state index < -0.39 is 0 Å². The van der Waals surface area contributed by atoms with Crippen molar-refractivity contribution in [1.29, 1.82) is 0 Å². The summed E-state index contributed by atoms with van der Waals surface area (Å²) in [5.41, 5.74) is 1.13. The Kier molecular flexibility index (Phi) is 3.69. The summed E-state index contributed by atoms with van der Waals surface area (Å²) in [6.45, 7) is 4.05. The summed E-state index contributed by atoms with van der Waals surface area (Å²) in [6, 6.07) is 0. The van der Waals surface area contributed by atoms with Gasteiger partial charge in [0.15, 0.2) is 0 Å². The van der Waals surface area contributed by atoms with Gasteiger partial charge >= 0.3 is 0 Å². The van der Waals surface area contributed by atoms with Crippen LogP contribution in [0.25, 0.3) is 0 Å². The minimum atomic E-state index is -0.0573. The lowest BCUT2D eigenvalue weighted by molar-refractivity contribution is -0.125. The van der Waals surface area contributed by atoms with Gasteiger partial charge in [-0.15, -0.1) is 0 Å². The van der Waals surface area contributed by atoms with Crippen molar-refractivity contribution in [2.45, 2.75) is 6.54 Å². The summed E-state index contributed by atoms with van der Waals surface area (Å²) >= 11 is 5.03. The van der Waals surface area contributed by atoms with Crippen molar-refractivity contribution in [2.24, 2.45) is 0 Å². The van der Waals surface area contributed by atoms with Crippen molar-refractivity contribution in [3.8, 4) is 0 Å². The van der Waals surface area contributed by atoms with Crippen molar-refractivity contribution < 1.29 is 4.79 Å². The third-order valence-electron chi connectivity index (χ3n) is 1.65. The van der Waals surface area contributed by atoms with Crippen molar-refractivity contribution in [3.05, 3.63) is 33.5 Å². The van der Waals surface area contributed by atoms with E-state index in [2.05, 4.69) is 22.5 Å². The van der Waals surface area contributed by atoms with Gasteiger partial charge in [0.05, 0.1) is 0 Å². The molecule has 1 amide bonds. The van der Waals surface area contributed by atoms with E-state index in [4.69, 9.17) is 0 Å². The van der Waals surface area contributed by atoms with Crippen LogP contribution in [0.15, 0.2) is 27.9 Å². The molecule has 0 saturated carbocycles. The fourth-order valence-corrected chi connectivity index (χ4v) is 2.33. The quantitative estimate of drug-likeness (QED) is 0.765. The molecule has 0 bridgehead atoms. The minimum Gasteiger partial charge on any atom is -0.338 e. The van der Waals surface area contributed by atoms with Crippen LogP contribution in [-0.4, -0.2) is 17.9 Å². The second-order valence-corrected chi connectivity index (χ2v) is 4.24. The zero-order valence-corrected chi connectivity index (χ0v) is 9.69. The first kappa shape index (κ1) is 10.5. The number of thiophene rings is 1. The monoisotopic (exact) mass is 259 g/mol. The molecule has 0 aromatic carbocycles. The number of nitrogens with zero attached hydrogens (tertiary/aromatic N) is 1. The lowest BCUT2D eigenvalue weighted by Gasteiger charge is -2.13. The summed E-state index contributed by atoms with van der Waals surface area (Å²) in [4.78, 5) is 12.8. The maximum absolute atomic E-state index is 11.1. The van der Waals surface area contributed by atoms with Gasteiger partial charge < -0.3 is 4.90 Å². The van der Waals surface area contributed by atoms with Crippen LogP contribution in [0, 0.1) is 0 Å². The van der Waals surface area contributed by atoms with E-state index in [1.54, 1.807) is 23.3 Å². The van der Waals surface area contributed by atoms with Crippen LogP contribution < -0.4 is 0 Å². The fraction of sp³-hybridized carbons (Fsp3) is 0.222. The number of halogens is 1.